The van der Waals surface area contributed by atoms with E-state index in [9.17, 15) is 24.0 Å². The summed E-state index contributed by atoms with van der Waals surface area (Å²) in [5, 5.41) is 6.18. The lowest BCUT2D eigenvalue weighted by atomic mass is 9.52. The summed E-state index contributed by atoms with van der Waals surface area (Å²) in [4.78, 5) is 67.4. The molecule has 4 aliphatic rings. The minimum atomic E-state index is -1.07. The molecule has 11 heteroatoms. The number of methoxy groups -OCH3 is 1. The van der Waals surface area contributed by atoms with Crippen LogP contribution >= 0.6 is 0 Å². The summed E-state index contributed by atoms with van der Waals surface area (Å²) in [5.74, 6) is 0.249. The fourth-order valence-corrected chi connectivity index (χ4v) is 8.36. The summed E-state index contributed by atoms with van der Waals surface area (Å²) in [6, 6.07) is 9.26. The van der Waals surface area contributed by atoms with Gasteiger partial charge in [0, 0.05) is 35.8 Å². The van der Waals surface area contributed by atoms with Crippen LogP contribution in [-0.4, -0.2) is 58.9 Å². The summed E-state index contributed by atoms with van der Waals surface area (Å²) in [7, 11) is 3.14. The molecule has 2 heterocycles. The van der Waals surface area contributed by atoms with Crippen molar-refractivity contribution >= 4 is 40.3 Å². The van der Waals surface area contributed by atoms with Crippen molar-refractivity contribution in [3.63, 3.8) is 0 Å². The number of esters is 1. The van der Waals surface area contributed by atoms with Gasteiger partial charge in [-0.3, -0.25) is 19.2 Å². The molecule has 1 aromatic carbocycles. The van der Waals surface area contributed by atoms with E-state index in [0.717, 1.165) is 24.6 Å². The lowest BCUT2D eigenvalue weighted by Crippen LogP contribution is -2.60. The first-order valence-corrected chi connectivity index (χ1v) is 16.4. The van der Waals surface area contributed by atoms with Crippen molar-refractivity contribution in [1.29, 1.82) is 0 Å². The molecule has 4 saturated carbocycles. The van der Waals surface area contributed by atoms with Gasteiger partial charge in [0.1, 0.15) is 23.9 Å². The van der Waals surface area contributed by atoms with Gasteiger partial charge in [-0.15, -0.1) is 0 Å². The number of pyridine rings is 1. The summed E-state index contributed by atoms with van der Waals surface area (Å²) < 4.78 is 11.7. The second-order valence-corrected chi connectivity index (χ2v) is 13.5. The molecule has 7 rings (SSSR count). The quantitative estimate of drug-likeness (QED) is 0.231. The smallest absolute Gasteiger partial charge is 0.330 e. The Hall–Kier alpha value is -4.67. The number of ether oxygens (including phenoxy) is 1. The van der Waals surface area contributed by atoms with Crippen LogP contribution in [0.3, 0.4) is 0 Å². The second kappa shape index (κ2) is 13.2. The van der Waals surface area contributed by atoms with Crippen molar-refractivity contribution in [1.82, 2.24) is 14.8 Å². The predicted octanol–water partition coefficient (Wildman–Crippen LogP) is 4.58. The van der Waals surface area contributed by atoms with Crippen LogP contribution in [0, 0.1) is 24.7 Å². The van der Waals surface area contributed by atoms with Crippen molar-refractivity contribution in [2.24, 2.45) is 17.8 Å². The van der Waals surface area contributed by atoms with E-state index < -0.39 is 29.4 Å². The maximum Gasteiger partial charge on any atom is 0.330 e. The zero-order valence-corrected chi connectivity index (χ0v) is 27.1. The van der Waals surface area contributed by atoms with Gasteiger partial charge in [-0.25, -0.2) is 4.79 Å². The lowest BCUT2D eigenvalue weighted by Gasteiger charge is -2.59. The molecule has 0 aliphatic heterocycles. The molecule has 4 bridgehead atoms. The van der Waals surface area contributed by atoms with E-state index in [1.54, 1.807) is 37.4 Å². The van der Waals surface area contributed by atoms with E-state index in [4.69, 9.17) is 4.42 Å². The molecule has 2 N–H and O–H groups in total. The highest BCUT2D eigenvalue weighted by atomic mass is 16.5. The Morgan fingerprint density at radius 2 is 1.74 bits per heavy atom. The number of benzene rings is 1. The van der Waals surface area contributed by atoms with Crippen LogP contribution in [-0.2, 0) is 25.7 Å². The molecule has 11 nitrogen and oxygen atoms in total. The van der Waals surface area contributed by atoms with Crippen molar-refractivity contribution in [3.05, 3.63) is 76.4 Å². The van der Waals surface area contributed by atoms with Crippen molar-refractivity contribution in [3.8, 4) is 0 Å². The largest absolute Gasteiger partial charge is 0.466 e. The standard InChI is InChI=1S/C36H42N4O7/c1-22-26-9-4-6-12-29(26)47-32(22)34(44)37-27(10-5-7-13-31(42)46-3)33(43)38-28-11-8-14-40(35(28)45)21-30(41)39(2)36-18-23-15-24(19-36)17-25(16-23)20-36/h4,6-9,11-14,23-25,27H,5,10,15-21H2,1-3H3,(H,37,44)(H,38,43)/b13-7+. The van der Waals surface area contributed by atoms with E-state index in [0.29, 0.717) is 28.9 Å². The van der Waals surface area contributed by atoms with Gasteiger partial charge in [0.05, 0.1) is 7.11 Å². The number of aryl methyl sites for hydroxylation is 1. The number of anilines is 1. The number of rotatable bonds is 11. The highest BCUT2D eigenvalue weighted by Gasteiger charge is 2.53. The normalized spacial score (nSPS) is 23.5. The molecule has 3 amide bonds. The second-order valence-electron chi connectivity index (χ2n) is 13.5. The number of aromatic nitrogens is 1. The number of carbonyl (C=O) groups is 4. The Morgan fingerprint density at radius 1 is 1.06 bits per heavy atom. The Kier molecular flexibility index (Phi) is 9.07. The maximum absolute atomic E-state index is 13.6. The third-order valence-corrected chi connectivity index (χ3v) is 10.4. The minimum absolute atomic E-state index is 0.00738. The van der Waals surface area contributed by atoms with Gasteiger partial charge in [0.15, 0.2) is 5.76 Å². The van der Waals surface area contributed by atoms with Crippen LogP contribution in [0.4, 0.5) is 5.69 Å². The van der Waals surface area contributed by atoms with E-state index in [2.05, 4.69) is 15.4 Å². The molecule has 0 radical (unpaired) electrons. The van der Waals surface area contributed by atoms with Gasteiger partial charge < -0.3 is 29.3 Å². The first-order valence-electron chi connectivity index (χ1n) is 16.4. The number of nitrogens with zero attached hydrogens (tertiary/aromatic N) is 2. The molecule has 2 aromatic heterocycles. The summed E-state index contributed by atoms with van der Waals surface area (Å²) in [5.41, 5.74) is 0.527. The van der Waals surface area contributed by atoms with Crippen LogP contribution in [0.25, 0.3) is 11.0 Å². The molecule has 4 aliphatic carbocycles. The average molecular weight is 643 g/mol. The molecular weight excluding hydrogens is 600 g/mol. The SMILES string of the molecule is COC(=O)/C=C/CCC(NC(=O)c1oc2ccccc2c1C)C(=O)Nc1cccn(CC(=O)N(C)C23CC4CC(CC(C4)C2)C3)c1=O. The molecule has 4 fully saturated rings. The molecule has 248 valence electrons. The lowest BCUT2D eigenvalue weighted by molar-refractivity contribution is -0.148. The fourth-order valence-electron chi connectivity index (χ4n) is 8.36. The van der Waals surface area contributed by atoms with Crippen molar-refractivity contribution < 1.29 is 28.3 Å². The molecule has 3 aromatic rings. The highest BCUT2D eigenvalue weighted by Crippen LogP contribution is 2.57. The Labute approximate surface area is 273 Å². The summed E-state index contributed by atoms with van der Waals surface area (Å²) in [6.45, 7) is 1.63. The summed E-state index contributed by atoms with van der Waals surface area (Å²) >= 11 is 0. The minimum Gasteiger partial charge on any atom is -0.466 e. The Balaban J connectivity index is 1.16. The number of furan rings is 1. The van der Waals surface area contributed by atoms with Crippen molar-refractivity contribution in [2.45, 2.75) is 76.4 Å². The number of hydrogen-bond acceptors (Lipinski definition) is 7. The highest BCUT2D eigenvalue weighted by molar-refractivity contribution is 6.03. The van der Waals surface area contributed by atoms with Gasteiger partial charge in [-0.1, -0.05) is 24.3 Å². The maximum atomic E-state index is 13.6. The summed E-state index contributed by atoms with van der Waals surface area (Å²) in [6.07, 6.45) is 11.6. The van der Waals surface area contributed by atoms with Crippen LogP contribution in [0.5, 0.6) is 0 Å². The van der Waals surface area contributed by atoms with Crippen molar-refractivity contribution in [2.75, 3.05) is 19.5 Å². The number of hydrogen-bond donors (Lipinski definition) is 2. The van der Waals surface area contributed by atoms with E-state index in [1.807, 2.05) is 24.1 Å². The van der Waals surface area contributed by atoms with Gasteiger partial charge in [-0.2, -0.15) is 0 Å². The van der Waals surface area contributed by atoms with Gasteiger partial charge in [-0.05, 0) is 94.2 Å². The Morgan fingerprint density at radius 3 is 2.40 bits per heavy atom. The monoisotopic (exact) mass is 642 g/mol. The molecule has 1 unspecified atom stereocenters. The van der Waals surface area contributed by atoms with Crippen LogP contribution in [0.2, 0.25) is 0 Å². The first kappa shape index (κ1) is 32.3. The van der Waals surface area contributed by atoms with Gasteiger partial charge in [0.25, 0.3) is 11.5 Å². The predicted molar refractivity (Wildman–Crippen MR) is 176 cm³/mol. The fraction of sp³-hybridized carbons (Fsp3) is 0.472. The first-order chi connectivity index (χ1) is 22.6. The Bertz CT molecular complexity index is 1750. The molecule has 47 heavy (non-hydrogen) atoms. The van der Waals surface area contributed by atoms with Gasteiger partial charge >= 0.3 is 5.97 Å². The van der Waals surface area contributed by atoms with Crippen LogP contribution in [0.1, 0.15) is 67.5 Å². The topological polar surface area (TPSA) is 140 Å². The number of carbonyl (C=O) groups excluding carboxylic acids is 4. The van der Waals surface area contributed by atoms with Gasteiger partial charge in [0.2, 0.25) is 11.8 Å². The molecular formula is C36H42N4O7. The number of para-hydroxylation sites is 1. The average Bonchev–Trinajstić information content (AvgIpc) is 3.39. The van der Waals surface area contributed by atoms with E-state index in [-0.39, 0.29) is 42.3 Å². The number of fused-ring (bicyclic) bond motifs is 1. The van der Waals surface area contributed by atoms with Crippen LogP contribution in [0.15, 0.2) is 64.0 Å². The number of amides is 3. The zero-order chi connectivity index (χ0) is 33.3. The molecule has 1 atom stereocenters. The number of allylic oxidation sites excluding steroid dienone is 1. The zero-order valence-electron chi connectivity index (χ0n) is 27.1. The molecule has 0 spiro atoms. The van der Waals surface area contributed by atoms with E-state index in [1.165, 1.54) is 43.1 Å². The van der Waals surface area contributed by atoms with E-state index >= 15 is 0 Å². The van der Waals surface area contributed by atoms with Crippen LogP contribution < -0.4 is 16.2 Å². The third kappa shape index (κ3) is 6.61. The number of likely N-dealkylation sites (N-methyl/N-ethyl adjacent to an activating group) is 1. The molecule has 0 saturated heterocycles. The number of nitrogens with one attached hydrogen (secondary N) is 2. The third-order valence-electron chi connectivity index (χ3n) is 10.4.